The van der Waals surface area contributed by atoms with E-state index in [1.54, 1.807) is 24.0 Å². The highest BCUT2D eigenvalue weighted by atomic mass is 32.2. The highest BCUT2D eigenvalue weighted by molar-refractivity contribution is 7.87. The molecule has 3 atom stereocenters. The van der Waals surface area contributed by atoms with Gasteiger partial charge >= 0.3 is 15.6 Å². The minimum Gasteiger partial charge on any atom is -0.380 e. The minimum absolute atomic E-state index is 0.162. The van der Waals surface area contributed by atoms with Crippen molar-refractivity contribution in [3.63, 3.8) is 0 Å². The maximum absolute atomic E-state index is 13.1. The molecule has 2 bridgehead atoms. The number of allylic oxidation sites excluding steroid dienone is 2. The molecule has 3 aliphatic heterocycles. The van der Waals surface area contributed by atoms with E-state index in [-0.39, 0.29) is 18.1 Å². The number of para-hydroxylation sites is 1. The van der Waals surface area contributed by atoms with Crippen LogP contribution in [-0.2, 0) is 24.5 Å². The fraction of sp³-hybridized carbons (Fsp3) is 0.476. The molecular formula is C21H21F3N2O4S. The quantitative estimate of drug-likeness (QED) is 0.389. The van der Waals surface area contributed by atoms with Crippen molar-refractivity contribution in [1.29, 1.82) is 0 Å². The summed E-state index contributed by atoms with van der Waals surface area (Å²) in [7, 11) is -5.81. The first kappa shape index (κ1) is 20.6. The number of anilines is 1. The molecule has 10 heteroatoms. The number of hydrogen-bond acceptors (Lipinski definition) is 5. The topological polar surface area (TPSA) is 66.9 Å². The van der Waals surface area contributed by atoms with E-state index in [4.69, 9.17) is 4.18 Å². The largest absolute Gasteiger partial charge is 0.534 e. The van der Waals surface area contributed by atoms with E-state index >= 15 is 0 Å². The number of alkyl halides is 3. The van der Waals surface area contributed by atoms with Crippen molar-refractivity contribution in [3.8, 4) is 0 Å². The number of amides is 1. The Hall–Kier alpha value is -2.33. The molecule has 0 aromatic heterocycles. The van der Waals surface area contributed by atoms with Crippen molar-refractivity contribution in [2.24, 2.45) is 5.92 Å². The molecular weight excluding hydrogens is 433 g/mol. The molecule has 2 fully saturated rings. The number of carbonyl (C=O) groups is 1. The van der Waals surface area contributed by atoms with Gasteiger partial charge in [-0.05, 0) is 43.0 Å². The molecule has 6 nitrogen and oxygen atoms in total. The maximum atomic E-state index is 13.1. The third-order valence-corrected chi connectivity index (χ3v) is 8.20. The van der Waals surface area contributed by atoms with Gasteiger partial charge in [0.15, 0.2) is 0 Å². The fourth-order valence-electron chi connectivity index (χ4n) is 6.14. The van der Waals surface area contributed by atoms with Crippen LogP contribution in [0.15, 0.2) is 47.7 Å². The summed E-state index contributed by atoms with van der Waals surface area (Å²) in [6, 6.07) is 7.33. The van der Waals surface area contributed by atoms with Gasteiger partial charge in [0.2, 0.25) is 5.91 Å². The highest BCUT2D eigenvalue weighted by Gasteiger charge is 2.72. The molecule has 1 aliphatic carbocycles. The molecule has 166 valence electrons. The molecule has 2 saturated heterocycles. The van der Waals surface area contributed by atoms with Crippen molar-refractivity contribution in [3.05, 3.63) is 53.3 Å². The molecule has 0 saturated carbocycles. The third kappa shape index (κ3) is 2.37. The second-order valence-electron chi connectivity index (χ2n) is 8.48. The summed E-state index contributed by atoms with van der Waals surface area (Å²) < 4.78 is 68.0. The van der Waals surface area contributed by atoms with Crippen LogP contribution in [0.3, 0.4) is 0 Å². The van der Waals surface area contributed by atoms with Gasteiger partial charge in [-0.1, -0.05) is 24.3 Å². The van der Waals surface area contributed by atoms with Crippen LogP contribution >= 0.6 is 0 Å². The predicted octanol–water partition coefficient (Wildman–Crippen LogP) is 3.42. The van der Waals surface area contributed by atoms with Gasteiger partial charge in [0.25, 0.3) is 0 Å². The summed E-state index contributed by atoms with van der Waals surface area (Å²) in [5.74, 6) is -1.03. The molecule has 1 amide bonds. The Morgan fingerprint density at radius 3 is 2.65 bits per heavy atom. The van der Waals surface area contributed by atoms with Crippen LogP contribution in [0, 0.1) is 5.92 Å². The van der Waals surface area contributed by atoms with E-state index in [9.17, 15) is 26.4 Å². The summed E-state index contributed by atoms with van der Waals surface area (Å²) >= 11 is 0. The van der Waals surface area contributed by atoms with Crippen LogP contribution < -0.4 is 4.90 Å². The Morgan fingerprint density at radius 2 is 2.00 bits per heavy atom. The van der Waals surface area contributed by atoms with Crippen molar-refractivity contribution >= 4 is 21.7 Å². The summed E-state index contributed by atoms with van der Waals surface area (Å²) in [4.78, 5) is 16.8. The Kier molecular flexibility index (Phi) is 4.07. The lowest BCUT2D eigenvalue weighted by Gasteiger charge is -2.56. The van der Waals surface area contributed by atoms with Gasteiger partial charge in [0.05, 0.1) is 5.41 Å². The van der Waals surface area contributed by atoms with Gasteiger partial charge in [0.1, 0.15) is 11.4 Å². The molecule has 3 heterocycles. The summed E-state index contributed by atoms with van der Waals surface area (Å²) in [6.45, 7) is 4.30. The van der Waals surface area contributed by atoms with Gasteiger partial charge in [-0.25, -0.2) is 0 Å². The predicted molar refractivity (Wildman–Crippen MR) is 106 cm³/mol. The van der Waals surface area contributed by atoms with Gasteiger partial charge in [-0.15, -0.1) is 0 Å². The van der Waals surface area contributed by atoms with E-state index in [0.717, 1.165) is 11.1 Å². The average Bonchev–Trinajstić information content (AvgIpc) is 3.15. The number of carbonyl (C=O) groups excluding carboxylic acids is 1. The normalized spacial score (nSPS) is 33.2. The van der Waals surface area contributed by atoms with Gasteiger partial charge in [-0.2, -0.15) is 21.6 Å². The van der Waals surface area contributed by atoms with Crippen molar-refractivity contribution in [1.82, 2.24) is 4.90 Å². The minimum atomic E-state index is -5.81. The number of nitrogens with zero attached hydrogens (tertiary/aromatic N) is 2. The standard InChI is InChI=1S/C21H21F3N2O4S/c1-3-14-12-25-9-8-19-11-18(30-31(28,29)21(22,23)24)15(14)10-20(19,25)26(13(2)27)17-7-5-4-6-16(17)19/h3-7,11,15H,8-10,12H2,1-2H3/b14-3+/t15-,19+,20+/m0/s1. The zero-order chi connectivity index (χ0) is 22.4. The van der Waals surface area contributed by atoms with Gasteiger partial charge in [-0.3, -0.25) is 14.6 Å². The van der Waals surface area contributed by atoms with Gasteiger partial charge in [0, 0.05) is 31.6 Å². The Balaban J connectivity index is 1.78. The van der Waals surface area contributed by atoms with Crippen LogP contribution in [0.2, 0.25) is 0 Å². The molecule has 1 aromatic carbocycles. The van der Waals surface area contributed by atoms with Crippen LogP contribution in [-0.4, -0.2) is 43.5 Å². The first-order valence-corrected chi connectivity index (χ1v) is 11.4. The lowest BCUT2D eigenvalue weighted by Crippen LogP contribution is -2.69. The summed E-state index contributed by atoms with van der Waals surface area (Å²) in [6.07, 6.45) is 4.14. The maximum Gasteiger partial charge on any atom is 0.534 e. The number of halogens is 3. The first-order valence-electron chi connectivity index (χ1n) is 10.0. The van der Waals surface area contributed by atoms with Crippen LogP contribution in [0.25, 0.3) is 0 Å². The Morgan fingerprint density at radius 1 is 1.29 bits per heavy atom. The molecule has 5 rings (SSSR count). The molecule has 1 spiro atoms. The van der Waals surface area contributed by atoms with E-state index in [0.29, 0.717) is 25.2 Å². The van der Waals surface area contributed by atoms with Crippen molar-refractivity contribution in [2.75, 3.05) is 18.0 Å². The zero-order valence-corrected chi connectivity index (χ0v) is 17.8. The molecule has 0 unspecified atom stereocenters. The number of benzene rings is 1. The summed E-state index contributed by atoms with van der Waals surface area (Å²) in [5, 5.41) is 0. The summed E-state index contributed by atoms with van der Waals surface area (Å²) in [5.41, 5.74) is -4.87. The molecule has 0 N–H and O–H groups in total. The number of piperidine rings is 1. The lowest BCUT2D eigenvalue weighted by atomic mass is 9.62. The Labute approximate surface area is 178 Å². The number of rotatable bonds is 2. The number of fused-ring (bicyclic) bond motifs is 2. The number of hydrogen-bond donors (Lipinski definition) is 0. The highest BCUT2D eigenvalue weighted by Crippen LogP contribution is 2.67. The van der Waals surface area contributed by atoms with Crippen molar-refractivity contribution in [2.45, 2.75) is 43.3 Å². The second kappa shape index (κ2) is 6.13. The first-order chi connectivity index (χ1) is 14.5. The van der Waals surface area contributed by atoms with E-state index in [1.807, 2.05) is 24.3 Å². The van der Waals surface area contributed by atoms with E-state index in [2.05, 4.69) is 4.90 Å². The fourth-order valence-corrected chi connectivity index (χ4v) is 6.66. The molecule has 31 heavy (non-hydrogen) atoms. The smallest absolute Gasteiger partial charge is 0.380 e. The molecule has 0 radical (unpaired) electrons. The third-order valence-electron chi connectivity index (χ3n) is 7.23. The zero-order valence-electron chi connectivity index (χ0n) is 16.9. The van der Waals surface area contributed by atoms with Crippen LogP contribution in [0.1, 0.15) is 32.3 Å². The average molecular weight is 454 g/mol. The van der Waals surface area contributed by atoms with Crippen LogP contribution in [0.5, 0.6) is 0 Å². The molecule has 1 aromatic rings. The lowest BCUT2D eigenvalue weighted by molar-refractivity contribution is -0.120. The molecule has 4 aliphatic rings. The Bertz CT molecular complexity index is 1160. The van der Waals surface area contributed by atoms with Crippen molar-refractivity contribution < 1.29 is 30.6 Å². The van der Waals surface area contributed by atoms with E-state index < -0.39 is 32.6 Å². The second-order valence-corrected chi connectivity index (χ2v) is 10.0. The SMILES string of the molecule is C/C=C1\CN2CC[C@]34C=C(OS(=O)(=O)C(F)(F)F)[C@H]1C[C@]23N(C(C)=O)c1ccccc14. The van der Waals surface area contributed by atoms with E-state index in [1.165, 1.54) is 6.92 Å². The van der Waals surface area contributed by atoms with Gasteiger partial charge < -0.3 is 4.18 Å². The van der Waals surface area contributed by atoms with Crippen LogP contribution in [0.4, 0.5) is 18.9 Å². The monoisotopic (exact) mass is 454 g/mol.